The molecule has 1 amide bonds. The first-order chi connectivity index (χ1) is 12.6. The molecular weight excluding hydrogens is 330 g/mol. The molecule has 26 heavy (non-hydrogen) atoms. The number of ether oxygens (including phenoxy) is 1. The summed E-state index contributed by atoms with van der Waals surface area (Å²) >= 11 is 0. The minimum Gasteiger partial charge on any atom is -0.497 e. The van der Waals surface area contributed by atoms with Gasteiger partial charge in [0.25, 0.3) is 0 Å². The highest BCUT2D eigenvalue weighted by molar-refractivity contribution is 5.88. The van der Waals surface area contributed by atoms with Crippen molar-refractivity contribution in [3.8, 4) is 5.75 Å². The number of carboxylic acid groups (broad SMARTS) is 1. The predicted molar refractivity (Wildman–Crippen MR) is 96.0 cm³/mol. The molecule has 5 heteroatoms. The summed E-state index contributed by atoms with van der Waals surface area (Å²) in [7, 11) is 1.62. The van der Waals surface area contributed by atoms with E-state index in [9.17, 15) is 14.7 Å². The summed E-state index contributed by atoms with van der Waals surface area (Å²) in [4.78, 5) is 26.4. The number of hydrogen-bond donors (Lipinski definition) is 1. The number of hydrogen-bond acceptors (Lipinski definition) is 3. The normalized spacial score (nSPS) is 23.9. The maximum Gasteiger partial charge on any atom is 0.326 e. The second kappa shape index (κ2) is 6.48. The van der Waals surface area contributed by atoms with E-state index in [4.69, 9.17) is 4.74 Å². The third-order valence-corrected chi connectivity index (χ3v) is 5.45. The molecule has 3 atom stereocenters. The molecule has 0 bridgehead atoms. The highest BCUT2D eigenvalue weighted by Crippen LogP contribution is 2.49. The fourth-order valence-electron chi connectivity index (χ4n) is 3.90. The van der Waals surface area contributed by atoms with Crippen molar-refractivity contribution in [1.29, 1.82) is 0 Å². The largest absolute Gasteiger partial charge is 0.497 e. The Bertz CT molecular complexity index is 863. The number of nitrogens with zero attached hydrogens (tertiary/aromatic N) is 1. The number of methoxy groups -OCH3 is 1. The van der Waals surface area contributed by atoms with Gasteiger partial charge in [0.05, 0.1) is 7.11 Å². The summed E-state index contributed by atoms with van der Waals surface area (Å²) < 4.78 is 5.26. The third kappa shape index (κ3) is 2.94. The van der Waals surface area contributed by atoms with Gasteiger partial charge in [-0.2, -0.15) is 0 Å². The Morgan fingerprint density at radius 3 is 2.62 bits per heavy atom. The molecule has 1 N–H and O–H groups in total. The molecule has 1 aliphatic carbocycles. The maximum absolute atomic E-state index is 13.1. The van der Waals surface area contributed by atoms with Gasteiger partial charge in [0, 0.05) is 18.9 Å². The highest BCUT2D eigenvalue weighted by Gasteiger charge is 2.48. The molecule has 134 valence electrons. The molecule has 0 spiro atoms. The molecular formula is C21H21NO4. The Balaban J connectivity index is 1.55. The number of amides is 1. The first-order valence-electron chi connectivity index (χ1n) is 8.82. The van der Waals surface area contributed by atoms with Gasteiger partial charge in [-0.1, -0.05) is 36.4 Å². The molecule has 5 nitrogen and oxygen atoms in total. The van der Waals surface area contributed by atoms with Gasteiger partial charge in [-0.15, -0.1) is 0 Å². The zero-order valence-electron chi connectivity index (χ0n) is 14.6. The lowest BCUT2D eigenvalue weighted by Crippen LogP contribution is -2.49. The van der Waals surface area contributed by atoms with E-state index in [0.717, 1.165) is 28.9 Å². The molecule has 0 saturated heterocycles. The van der Waals surface area contributed by atoms with Crippen LogP contribution in [0.1, 0.15) is 29.0 Å². The van der Waals surface area contributed by atoms with Crippen molar-refractivity contribution in [3.63, 3.8) is 0 Å². The van der Waals surface area contributed by atoms with Gasteiger partial charge in [0.15, 0.2) is 0 Å². The zero-order chi connectivity index (χ0) is 18.3. The van der Waals surface area contributed by atoms with Crippen molar-refractivity contribution < 1.29 is 19.4 Å². The van der Waals surface area contributed by atoms with E-state index >= 15 is 0 Å². The lowest BCUT2D eigenvalue weighted by atomic mass is 9.93. The monoisotopic (exact) mass is 351 g/mol. The van der Waals surface area contributed by atoms with Gasteiger partial charge in [-0.3, -0.25) is 4.79 Å². The third-order valence-electron chi connectivity index (χ3n) is 5.45. The van der Waals surface area contributed by atoms with Crippen molar-refractivity contribution >= 4 is 11.9 Å². The Morgan fingerprint density at radius 1 is 1.12 bits per heavy atom. The number of carboxylic acids is 1. The van der Waals surface area contributed by atoms with E-state index in [1.165, 1.54) is 0 Å². The van der Waals surface area contributed by atoms with Crippen molar-refractivity contribution in [2.45, 2.75) is 31.3 Å². The van der Waals surface area contributed by atoms with Crippen LogP contribution in [0.4, 0.5) is 0 Å². The predicted octanol–water partition coefficient (Wildman–Crippen LogP) is 2.84. The molecule has 2 aromatic carbocycles. The Morgan fingerprint density at radius 2 is 1.88 bits per heavy atom. The SMILES string of the molecule is COc1cccc(C2CC2C(=O)N2Cc3ccccc3CC2C(=O)O)c1. The molecule has 0 radical (unpaired) electrons. The Kier molecular flexibility index (Phi) is 4.15. The highest BCUT2D eigenvalue weighted by atomic mass is 16.5. The van der Waals surface area contributed by atoms with Gasteiger partial charge in [-0.25, -0.2) is 4.79 Å². The fraction of sp³-hybridized carbons (Fsp3) is 0.333. The van der Waals surface area contributed by atoms with Crippen LogP contribution < -0.4 is 4.74 Å². The molecule has 1 heterocycles. The number of aliphatic carboxylic acids is 1. The number of fused-ring (bicyclic) bond motifs is 1. The van der Waals surface area contributed by atoms with E-state index in [1.54, 1.807) is 12.0 Å². The Labute approximate surface area is 152 Å². The average Bonchev–Trinajstić information content (AvgIpc) is 3.47. The van der Waals surface area contributed by atoms with Gasteiger partial charge in [0.2, 0.25) is 5.91 Å². The molecule has 2 aromatic rings. The summed E-state index contributed by atoms with van der Waals surface area (Å²) in [5, 5.41) is 9.63. The summed E-state index contributed by atoms with van der Waals surface area (Å²) in [6.45, 7) is 0.368. The van der Waals surface area contributed by atoms with Crippen LogP contribution >= 0.6 is 0 Å². The first-order valence-corrected chi connectivity index (χ1v) is 8.82. The van der Waals surface area contributed by atoms with Gasteiger partial charge >= 0.3 is 5.97 Å². The van der Waals surface area contributed by atoms with Crippen LogP contribution in [0.5, 0.6) is 5.75 Å². The summed E-state index contributed by atoms with van der Waals surface area (Å²) in [5.74, 6) is -0.222. The van der Waals surface area contributed by atoms with Crippen LogP contribution in [0.3, 0.4) is 0 Å². The van der Waals surface area contributed by atoms with E-state index < -0.39 is 12.0 Å². The molecule has 3 unspecified atom stereocenters. The van der Waals surface area contributed by atoms with E-state index in [-0.39, 0.29) is 17.7 Å². The van der Waals surface area contributed by atoms with Crippen LogP contribution in [0, 0.1) is 5.92 Å². The second-order valence-corrected chi connectivity index (χ2v) is 7.02. The standard InChI is InChI=1S/C21H21NO4/c1-26-16-8-4-7-14(9-16)17-11-18(17)20(23)22-12-15-6-3-2-5-13(15)10-19(22)21(24)25/h2-9,17-19H,10-12H2,1H3,(H,24,25). The molecule has 2 aliphatic rings. The molecule has 1 fully saturated rings. The topological polar surface area (TPSA) is 66.8 Å². The van der Waals surface area contributed by atoms with Crippen molar-refractivity contribution in [1.82, 2.24) is 4.90 Å². The zero-order valence-corrected chi connectivity index (χ0v) is 14.6. The molecule has 1 saturated carbocycles. The molecule has 4 rings (SSSR count). The van der Waals surface area contributed by atoms with Crippen molar-refractivity contribution in [2.75, 3.05) is 7.11 Å². The van der Waals surface area contributed by atoms with Crippen LogP contribution in [-0.4, -0.2) is 35.0 Å². The first kappa shape index (κ1) is 16.6. The van der Waals surface area contributed by atoms with Gasteiger partial charge < -0.3 is 14.7 Å². The van der Waals surface area contributed by atoms with E-state index in [0.29, 0.717) is 13.0 Å². The lowest BCUT2D eigenvalue weighted by molar-refractivity contribution is -0.152. The fourth-order valence-corrected chi connectivity index (χ4v) is 3.90. The number of carbonyl (C=O) groups excluding carboxylic acids is 1. The van der Waals surface area contributed by atoms with Crippen molar-refractivity contribution in [2.24, 2.45) is 5.92 Å². The Hall–Kier alpha value is -2.82. The number of rotatable bonds is 4. The van der Waals surface area contributed by atoms with E-state index in [2.05, 4.69) is 0 Å². The number of carbonyl (C=O) groups is 2. The van der Waals surface area contributed by atoms with Crippen LogP contribution in [-0.2, 0) is 22.6 Å². The van der Waals surface area contributed by atoms with Crippen LogP contribution in [0.2, 0.25) is 0 Å². The quantitative estimate of drug-likeness (QED) is 0.920. The summed E-state index contributed by atoms with van der Waals surface area (Å²) in [6.07, 6.45) is 1.13. The van der Waals surface area contributed by atoms with E-state index in [1.807, 2.05) is 48.5 Å². The second-order valence-electron chi connectivity index (χ2n) is 7.02. The maximum atomic E-state index is 13.1. The van der Waals surface area contributed by atoms with Crippen LogP contribution in [0.25, 0.3) is 0 Å². The van der Waals surface area contributed by atoms with Crippen molar-refractivity contribution in [3.05, 3.63) is 65.2 Å². The molecule has 1 aliphatic heterocycles. The van der Waals surface area contributed by atoms with Gasteiger partial charge in [-0.05, 0) is 41.2 Å². The average molecular weight is 351 g/mol. The minimum absolute atomic E-state index is 0.0558. The smallest absolute Gasteiger partial charge is 0.326 e. The molecule has 0 aromatic heterocycles. The minimum atomic E-state index is -0.938. The summed E-state index contributed by atoms with van der Waals surface area (Å²) in [6, 6.07) is 14.7. The van der Waals surface area contributed by atoms with Crippen LogP contribution in [0.15, 0.2) is 48.5 Å². The van der Waals surface area contributed by atoms with Gasteiger partial charge in [0.1, 0.15) is 11.8 Å². The summed E-state index contributed by atoms with van der Waals surface area (Å²) in [5.41, 5.74) is 3.13. The lowest BCUT2D eigenvalue weighted by Gasteiger charge is -2.34. The number of benzene rings is 2.